The minimum absolute atomic E-state index is 0.136. The zero-order chi connectivity index (χ0) is 14.5. The standard InChI is InChI=1S/C12H20N6O2/c1-8(2)11-14-7-9(16-13)10(15-11)12(19)17-18-3-5-20-6-4-18/h7-8,16H,3-6,13H2,1-2H3,(H,17,19). The van der Waals surface area contributed by atoms with Crippen LogP contribution in [0.5, 0.6) is 0 Å². The van der Waals surface area contributed by atoms with Crippen molar-refractivity contribution in [2.75, 3.05) is 31.7 Å². The minimum Gasteiger partial charge on any atom is -0.379 e. The van der Waals surface area contributed by atoms with E-state index in [1.54, 1.807) is 0 Å². The second-order valence-corrected chi connectivity index (χ2v) is 4.83. The minimum atomic E-state index is -0.302. The Morgan fingerprint density at radius 2 is 2.15 bits per heavy atom. The monoisotopic (exact) mass is 280 g/mol. The number of nitrogens with one attached hydrogen (secondary N) is 2. The van der Waals surface area contributed by atoms with Crippen molar-refractivity contribution < 1.29 is 9.53 Å². The lowest BCUT2D eigenvalue weighted by Gasteiger charge is -2.27. The predicted octanol–water partition coefficient (Wildman–Crippen LogP) is -0.137. The number of hydrogen-bond donors (Lipinski definition) is 3. The van der Waals surface area contributed by atoms with Crippen molar-refractivity contribution in [3.8, 4) is 0 Å². The van der Waals surface area contributed by atoms with Gasteiger partial charge in [0.1, 0.15) is 5.82 Å². The summed E-state index contributed by atoms with van der Waals surface area (Å²) >= 11 is 0. The molecule has 1 aliphatic heterocycles. The molecule has 0 spiro atoms. The van der Waals surface area contributed by atoms with Gasteiger partial charge in [0.25, 0.3) is 5.91 Å². The summed E-state index contributed by atoms with van der Waals surface area (Å²) in [5, 5.41) is 1.81. The van der Waals surface area contributed by atoms with Crippen molar-refractivity contribution in [3.63, 3.8) is 0 Å². The Labute approximate surface area is 117 Å². The molecule has 4 N–H and O–H groups in total. The Hall–Kier alpha value is -1.77. The first-order chi connectivity index (χ1) is 9.61. The van der Waals surface area contributed by atoms with Crippen molar-refractivity contribution in [1.29, 1.82) is 0 Å². The predicted molar refractivity (Wildman–Crippen MR) is 73.8 cm³/mol. The van der Waals surface area contributed by atoms with E-state index >= 15 is 0 Å². The summed E-state index contributed by atoms with van der Waals surface area (Å²) in [6, 6.07) is 0. The number of hydrazine groups is 2. The molecule has 20 heavy (non-hydrogen) atoms. The number of nitrogens with zero attached hydrogens (tertiary/aromatic N) is 3. The highest BCUT2D eigenvalue weighted by Crippen LogP contribution is 2.15. The lowest BCUT2D eigenvalue weighted by Crippen LogP contribution is -2.48. The van der Waals surface area contributed by atoms with Crippen molar-refractivity contribution in [2.45, 2.75) is 19.8 Å². The number of carbonyl (C=O) groups is 1. The molecule has 0 atom stereocenters. The van der Waals surface area contributed by atoms with E-state index < -0.39 is 0 Å². The first kappa shape index (κ1) is 14.6. The van der Waals surface area contributed by atoms with Crippen LogP contribution in [0.15, 0.2) is 6.20 Å². The molecule has 2 heterocycles. The number of hydrogen-bond acceptors (Lipinski definition) is 7. The Bertz CT molecular complexity index is 473. The van der Waals surface area contributed by atoms with Gasteiger partial charge in [0.15, 0.2) is 5.69 Å². The van der Waals surface area contributed by atoms with Gasteiger partial charge in [-0.05, 0) is 0 Å². The average molecular weight is 280 g/mol. The van der Waals surface area contributed by atoms with Crippen LogP contribution < -0.4 is 16.7 Å². The van der Waals surface area contributed by atoms with Gasteiger partial charge in [-0.15, -0.1) is 0 Å². The number of nitrogens with two attached hydrogens (primary N) is 1. The van der Waals surface area contributed by atoms with E-state index in [9.17, 15) is 4.79 Å². The normalized spacial score (nSPS) is 16.2. The van der Waals surface area contributed by atoms with Gasteiger partial charge < -0.3 is 10.2 Å². The highest BCUT2D eigenvalue weighted by molar-refractivity contribution is 5.97. The number of carbonyl (C=O) groups excluding carboxylic acids is 1. The number of morpholine rings is 1. The van der Waals surface area contributed by atoms with E-state index in [4.69, 9.17) is 10.6 Å². The molecule has 1 fully saturated rings. The van der Waals surface area contributed by atoms with Gasteiger partial charge in [-0.3, -0.25) is 16.1 Å². The number of rotatable bonds is 4. The zero-order valence-electron chi connectivity index (χ0n) is 11.7. The highest BCUT2D eigenvalue weighted by Gasteiger charge is 2.19. The van der Waals surface area contributed by atoms with E-state index in [1.807, 2.05) is 18.9 Å². The number of anilines is 1. The number of aromatic nitrogens is 2. The van der Waals surface area contributed by atoms with Crippen molar-refractivity contribution in [2.24, 2.45) is 5.84 Å². The third-order valence-corrected chi connectivity index (χ3v) is 2.97. The Morgan fingerprint density at radius 1 is 1.45 bits per heavy atom. The fraction of sp³-hybridized carbons (Fsp3) is 0.583. The molecule has 1 aromatic heterocycles. The molecule has 110 valence electrons. The van der Waals surface area contributed by atoms with E-state index in [-0.39, 0.29) is 17.5 Å². The molecule has 0 unspecified atom stereocenters. The van der Waals surface area contributed by atoms with E-state index in [2.05, 4.69) is 20.8 Å². The van der Waals surface area contributed by atoms with Crippen LogP contribution in [0.4, 0.5) is 5.69 Å². The average Bonchev–Trinajstić information content (AvgIpc) is 2.47. The maximum absolute atomic E-state index is 12.3. The molecule has 1 amide bonds. The van der Waals surface area contributed by atoms with Crippen LogP contribution in [0.2, 0.25) is 0 Å². The van der Waals surface area contributed by atoms with Crippen LogP contribution >= 0.6 is 0 Å². The number of amides is 1. The second-order valence-electron chi connectivity index (χ2n) is 4.83. The summed E-state index contributed by atoms with van der Waals surface area (Å²) < 4.78 is 5.23. The summed E-state index contributed by atoms with van der Waals surface area (Å²) in [6.07, 6.45) is 1.52. The van der Waals surface area contributed by atoms with Crippen LogP contribution in [0.3, 0.4) is 0 Å². The third kappa shape index (κ3) is 3.41. The fourth-order valence-corrected chi connectivity index (χ4v) is 1.82. The zero-order valence-corrected chi connectivity index (χ0v) is 11.7. The largest absolute Gasteiger partial charge is 0.379 e. The molecular weight excluding hydrogens is 260 g/mol. The molecule has 1 saturated heterocycles. The summed E-state index contributed by atoms with van der Waals surface area (Å²) in [4.78, 5) is 20.7. The molecule has 8 heteroatoms. The van der Waals surface area contributed by atoms with Gasteiger partial charge in [0, 0.05) is 19.0 Å². The summed E-state index contributed by atoms with van der Waals surface area (Å²) in [6.45, 7) is 6.44. The highest BCUT2D eigenvalue weighted by atomic mass is 16.5. The van der Waals surface area contributed by atoms with Gasteiger partial charge in [-0.2, -0.15) is 0 Å². The van der Waals surface area contributed by atoms with Gasteiger partial charge in [0.05, 0.1) is 25.1 Å². The molecule has 0 radical (unpaired) electrons. The molecule has 8 nitrogen and oxygen atoms in total. The SMILES string of the molecule is CC(C)c1ncc(NN)c(C(=O)NN2CCOCC2)n1. The molecule has 1 aromatic rings. The van der Waals surface area contributed by atoms with Crippen molar-refractivity contribution >= 4 is 11.6 Å². The molecule has 0 saturated carbocycles. The quantitative estimate of drug-likeness (QED) is 0.521. The smallest absolute Gasteiger partial charge is 0.286 e. The maximum atomic E-state index is 12.3. The topological polar surface area (TPSA) is 105 Å². The molecule has 0 aliphatic carbocycles. The second kappa shape index (κ2) is 6.60. The number of nitrogen functional groups attached to an aromatic ring is 1. The molecular formula is C12H20N6O2. The summed E-state index contributed by atoms with van der Waals surface area (Å²) in [5.41, 5.74) is 5.91. The van der Waals surface area contributed by atoms with Crippen LogP contribution in [0, 0.1) is 0 Å². The third-order valence-electron chi connectivity index (χ3n) is 2.97. The van der Waals surface area contributed by atoms with E-state index in [0.717, 1.165) is 0 Å². The summed E-state index contributed by atoms with van der Waals surface area (Å²) in [7, 11) is 0. The van der Waals surface area contributed by atoms with E-state index in [1.165, 1.54) is 6.20 Å². The van der Waals surface area contributed by atoms with Crippen LogP contribution in [0.25, 0.3) is 0 Å². The van der Waals surface area contributed by atoms with Crippen LogP contribution in [-0.2, 0) is 4.74 Å². The van der Waals surface area contributed by atoms with Gasteiger partial charge >= 0.3 is 0 Å². The Morgan fingerprint density at radius 3 is 2.75 bits per heavy atom. The lowest BCUT2D eigenvalue weighted by atomic mass is 10.2. The fourth-order valence-electron chi connectivity index (χ4n) is 1.82. The Kier molecular flexibility index (Phi) is 4.83. The van der Waals surface area contributed by atoms with Gasteiger partial charge in [-0.1, -0.05) is 13.8 Å². The maximum Gasteiger partial charge on any atom is 0.286 e. The van der Waals surface area contributed by atoms with Crippen LogP contribution in [-0.4, -0.2) is 47.2 Å². The van der Waals surface area contributed by atoms with Crippen molar-refractivity contribution in [1.82, 2.24) is 20.4 Å². The molecule has 1 aliphatic rings. The Balaban J connectivity index is 2.16. The van der Waals surface area contributed by atoms with Gasteiger partial charge in [0.2, 0.25) is 0 Å². The molecule has 2 rings (SSSR count). The first-order valence-electron chi connectivity index (χ1n) is 6.59. The first-order valence-corrected chi connectivity index (χ1v) is 6.59. The van der Waals surface area contributed by atoms with Crippen molar-refractivity contribution in [3.05, 3.63) is 17.7 Å². The summed E-state index contributed by atoms with van der Waals surface area (Å²) in [5.74, 6) is 5.85. The molecule has 0 bridgehead atoms. The van der Waals surface area contributed by atoms with Gasteiger partial charge in [-0.25, -0.2) is 15.0 Å². The van der Waals surface area contributed by atoms with Crippen LogP contribution in [0.1, 0.15) is 36.1 Å². The van der Waals surface area contributed by atoms with E-state index in [0.29, 0.717) is 37.8 Å². The molecule has 0 aromatic carbocycles. The lowest BCUT2D eigenvalue weighted by molar-refractivity contribution is 0.0125. The number of ether oxygens (including phenoxy) is 1.